The van der Waals surface area contributed by atoms with E-state index in [9.17, 15) is 19.5 Å². The van der Waals surface area contributed by atoms with Crippen molar-refractivity contribution in [3.63, 3.8) is 0 Å². The second-order valence-corrected chi connectivity index (χ2v) is 10.4. The first-order chi connectivity index (χ1) is 15.9. The number of nitriles is 1. The average molecular weight is 502 g/mol. The smallest absolute Gasteiger partial charge is 0.472 e. The second kappa shape index (κ2) is 15.0. The van der Waals surface area contributed by atoms with Crippen molar-refractivity contribution in [2.45, 2.75) is 51.6 Å². The highest BCUT2D eigenvalue weighted by molar-refractivity contribution is 7.47. The molecule has 192 valence electrons. The number of rotatable bonds is 18. The molecule has 2 atom stereocenters. The van der Waals surface area contributed by atoms with E-state index in [1.807, 2.05) is 21.1 Å². The molecular formula is C23H38N2O8P+. The molecular weight excluding hydrogens is 463 g/mol. The van der Waals surface area contributed by atoms with E-state index in [0.29, 0.717) is 47.6 Å². The molecule has 0 saturated carbocycles. The molecule has 1 rings (SSSR count). The van der Waals surface area contributed by atoms with E-state index >= 15 is 0 Å². The van der Waals surface area contributed by atoms with Gasteiger partial charge < -0.3 is 24.0 Å². The summed E-state index contributed by atoms with van der Waals surface area (Å²) in [4.78, 5) is 21.0. The predicted molar refractivity (Wildman–Crippen MR) is 127 cm³/mol. The van der Waals surface area contributed by atoms with Gasteiger partial charge in [-0.05, 0) is 31.4 Å². The summed E-state index contributed by atoms with van der Waals surface area (Å²) >= 11 is 0. The van der Waals surface area contributed by atoms with Crippen LogP contribution < -0.4 is 9.47 Å². The first-order valence-electron chi connectivity index (χ1n) is 11.4. The van der Waals surface area contributed by atoms with Crippen LogP contribution in [0.3, 0.4) is 0 Å². The number of aliphatic carboxylic acids is 1. The fourth-order valence-electron chi connectivity index (χ4n) is 3.08. The van der Waals surface area contributed by atoms with Gasteiger partial charge >= 0.3 is 13.8 Å². The first-order valence-corrected chi connectivity index (χ1v) is 12.9. The standard InChI is InChI=1S/C23H37N2O8P/c1-5-6-7-10-30-20-13-19(17-24)14-21(15-20)31-11-8-9-12-32-34(28,29)33-22(16-23(26)27)18-25(2,3)4/h13-15,22H,5-12,16,18H2,1-4H3,(H-,26,27,28,29)/p+1/t22-/m1/s1. The van der Waals surface area contributed by atoms with Crippen LogP contribution in [0.4, 0.5) is 0 Å². The molecule has 1 unspecified atom stereocenters. The maximum atomic E-state index is 12.2. The molecule has 0 aliphatic heterocycles. The topological polar surface area (TPSA) is 135 Å². The van der Waals surface area contributed by atoms with Gasteiger partial charge in [-0.1, -0.05) is 19.8 Å². The third-order valence-corrected chi connectivity index (χ3v) is 5.60. The normalized spacial score (nSPS) is 14.1. The number of likely N-dealkylation sites (N-methyl/N-ethyl adjacent to an activating group) is 1. The Hall–Kier alpha value is -2.15. The van der Waals surface area contributed by atoms with Gasteiger partial charge in [0.1, 0.15) is 24.1 Å². The average Bonchev–Trinajstić information content (AvgIpc) is 2.71. The summed E-state index contributed by atoms with van der Waals surface area (Å²) in [6.45, 7) is 3.19. The van der Waals surface area contributed by atoms with Crippen molar-refractivity contribution in [2.75, 3.05) is 47.5 Å². The van der Waals surface area contributed by atoms with Crippen LogP contribution >= 0.6 is 7.82 Å². The van der Waals surface area contributed by atoms with Crippen molar-refractivity contribution in [1.29, 1.82) is 5.26 Å². The zero-order valence-corrected chi connectivity index (χ0v) is 21.5. The Kier molecular flexibility index (Phi) is 13.2. The maximum Gasteiger partial charge on any atom is 0.472 e. The molecule has 0 spiro atoms. The lowest BCUT2D eigenvalue weighted by Crippen LogP contribution is -2.42. The Morgan fingerprint density at radius 3 is 2.12 bits per heavy atom. The molecule has 11 heteroatoms. The van der Waals surface area contributed by atoms with Gasteiger partial charge in [0, 0.05) is 6.07 Å². The fourth-order valence-corrected chi connectivity index (χ4v) is 4.02. The maximum absolute atomic E-state index is 12.2. The number of benzene rings is 1. The van der Waals surface area contributed by atoms with Crippen LogP contribution in [0, 0.1) is 11.3 Å². The van der Waals surface area contributed by atoms with Crippen molar-refractivity contribution in [1.82, 2.24) is 0 Å². The van der Waals surface area contributed by atoms with E-state index in [1.165, 1.54) is 0 Å². The van der Waals surface area contributed by atoms with Crippen molar-refractivity contribution in [3.05, 3.63) is 23.8 Å². The number of unbranched alkanes of at least 4 members (excludes halogenated alkanes) is 3. The summed E-state index contributed by atoms with van der Waals surface area (Å²) in [6, 6.07) is 7.11. The lowest BCUT2D eigenvalue weighted by atomic mass is 10.2. The molecule has 0 aliphatic carbocycles. The number of nitrogens with zero attached hydrogens (tertiary/aromatic N) is 2. The quantitative estimate of drug-likeness (QED) is 0.174. The SMILES string of the molecule is CCCCCOc1cc(C#N)cc(OCCCCOP(=O)(O)O[C@H](CC(=O)O)C[N+](C)(C)C)c1. The van der Waals surface area contributed by atoms with Crippen LogP contribution in [-0.4, -0.2) is 74.1 Å². The van der Waals surface area contributed by atoms with E-state index in [2.05, 4.69) is 13.0 Å². The number of hydrogen-bond acceptors (Lipinski definition) is 7. The number of carboxylic acid groups (broad SMARTS) is 1. The zero-order valence-electron chi connectivity index (χ0n) is 20.6. The van der Waals surface area contributed by atoms with E-state index in [0.717, 1.165) is 19.3 Å². The van der Waals surface area contributed by atoms with Crippen LogP contribution in [0.5, 0.6) is 11.5 Å². The highest BCUT2D eigenvalue weighted by Crippen LogP contribution is 2.45. The Morgan fingerprint density at radius 1 is 1.06 bits per heavy atom. The van der Waals surface area contributed by atoms with Gasteiger partial charge in [0.05, 0.1) is 59.0 Å². The number of carboxylic acids is 1. The number of phosphoric acid groups is 1. The molecule has 10 nitrogen and oxygen atoms in total. The van der Waals surface area contributed by atoms with Gasteiger partial charge in [-0.2, -0.15) is 5.26 Å². The molecule has 0 amide bonds. The van der Waals surface area contributed by atoms with Crippen molar-refractivity contribution in [2.24, 2.45) is 0 Å². The van der Waals surface area contributed by atoms with Gasteiger partial charge in [0.25, 0.3) is 0 Å². The molecule has 0 aromatic heterocycles. The largest absolute Gasteiger partial charge is 0.493 e. The molecule has 2 N–H and O–H groups in total. The molecule has 0 radical (unpaired) electrons. The monoisotopic (exact) mass is 501 g/mol. The minimum absolute atomic E-state index is 0.0503. The van der Waals surface area contributed by atoms with Gasteiger partial charge in [-0.25, -0.2) is 4.57 Å². The minimum Gasteiger partial charge on any atom is -0.493 e. The van der Waals surface area contributed by atoms with Crippen LogP contribution in [0.1, 0.15) is 51.0 Å². The van der Waals surface area contributed by atoms with E-state index in [1.54, 1.807) is 18.2 Å². The third kappa shape index (κ3) is 14.2. The van der Waals surface area contributed by atoms with Crippen molar-refractivity contribution >= 4 is 13.8 Å². The Balaban J connectivity index is 2.45. The number of ether oxygens (including phenoxy) is 2. The van der Waals surface area contributed by atoms with Gasteiger partial charge in [0.15, 0.2) is 0 Å². The highest BCUT2D eigenvalue weighted by Gasteiger charge is 2.31. The van der Waals surface area contributed by atoms with Crippen LogP contribution in [-0.2, 0) is 18.4 Å². The second-order valence-electron chi connectivity index (χ2n) is 9.02. The molecule has 0 saturated heterocycles. The van der Waals surface area contributed by atoms with Crippen molar-refractivity contribution < 1.29 is 42.4 Å². The van der Waals surface area contributed by atoms with Crippen LogP contribution in [0.25, 0.3) is 0 Å². The molecule has 0 heterocycles. The summed E-state index contributed by atoms with van der Waals surface area (Å²) in [7, 11) is 1.09. The summed E-state index contributed by atoms with van der Waals surface area (Å²) < 4.78 is 34.1. The fraction of sp³-hybridized carbons (Fsp3) is 0.652. The number of carbonyl (C=O) groups is 1. The third-order valence-electron chi connectivity index (χ3n) is 4.52. The molecule has 0 fully saturated rings. The van der Waals surface area contributed by atoms with E-state index < -0.39 is 26.3 Å². The van der Waals surface area contributed by atoms with Gasteiger partial charge in [-0.3, -0.25) is 13.8 Å². The molecule has 0 bridgehead atoms. The Labute approximate surface area is 202 Å². The lowest BCUT2D eigenvalue weighted by Gasteiger charge is -2.29. The Bertz CT molecular complexity index is 850. The van der Waals surface area contributed by atoms with E-state index in [-0.39, 0.29) is 13.2 Å². The Morgan fingerprint density at radius 2 is 1.62 bits per heavy atom. The van der Waals surface area contributed by atoms with Crippen LogP contribution in [0.2, 0.25) is 0 Å². The molecule has 34 heavy (non-hydrogen) atoms. The van der Waals surface area contributed by atoms with E-state index in [4.69, 9.17) is 23.6 Å². The highest BCUT2D eigenvalue weighted by atomic mass is 31.2. The summed E-state index contributed by atoms with van der Waals surface area (Å²) in [6.07, 6.45) is 2.70. The number of quaternary nitrogens is 1. The van der Waals surface area contributed by atoms with Crippen molar-refractivity contribution in [3.8, 4) is 17.6 Å². The summed E-state index contributed by atoms with van der Waals surface area (Å²) in [5, 5.41) is 18.2. The zero-order chi connectivity index (χ0) is 25.6. The summed E-state index contributed by atoms with van der Waals surface area (Å²) in [5.41, 5.74) is 0.439. The predicted octanol–water partition coefficient (Wildman–Crippen LogP) is 3.97. The van der Waals surface area contributed by atoms with Gasteiger partial charge in [0.2, 0.25) is 0 Å². The molecule has 1 aromatic carbocycles. The summed E-state index contributed by atoms with van der Waals surface area (Å²) in [5.74, 6) is -0.0272. The minimum atomic E-state index is -4.40. The first kappa shape index (κ1) is 29.9. The van der Waals surface area contributed by atoms with Crippen LogP contribution in [0.15, 0.2) is 18.2 Å². The number of phosphoric ester groups is 1. The van der Waals surface area contributed by atoms with Gasteiger partial charge in [-0.15, -0.1) is 0 Å². The molecule has 0 aliphatic rings. The lowest BCUT2D eigenvalue weighted by molar-refractivity contribution is -0.873. The number of hydrogen-bond donors (Lipinski definition) is 2. The molecule has 1 aromatic rings.